The molecule has 0 radical (unpaired) electrons. The van der Waals surface area contributed by atoms with Gasteiger partial charge < -0.3 is 20.3 Å². The van der Waals surface area contributed by atoms with E-state index < -0.39 is 17.8 Å². The molecule has 18 heavy (non-hydrogen) atoms. The first kappa shape index (κ1) is 12.9. The highest BCUT2D eigenvalue weighted by atomic mass is 35.5. The average molecular weight is 276 g/mol. The lowest BCUT2D eigenvalue weighted by Crippen LogP contribution is -2.23. The first-order chi connectivity index (χ1) is 8.52. The van der Waals surface area contributed by atoms with E-state index in [4.69, 9.17) is 31.9 Å². The Hall–Kier alpha value is -1.53. The van der Waals surface area contributed by atoms with Crippen molar-refractivity contribution in [3.05, 3.63) is 22.5 Å². The fraction of sp³-hybridized carbons (Fsp3) is 0.364. The molecule has 5 nitrogen and oxygen atoms in total. The second-order valence-electron chi connectivity index (χ2n) is 3.78. The molecule has 1 heterocycles. The van der Waals surface area contributed by atoms with Crippen LogP contribution in [0.3, 0.4) is 0 Å². The third-order valence-corrected chi connectivity index (χ3v) is 2.82. The summed E-state index contributed by atoms with van der Waals surface area (Å²) in [5, 5.41) is 8.65. The number of rotatable bonds is 2. The van der Waals surface area contributed by atoms with Gasteiger partial charge in [-0.05, 0) is 0 Å². The first-order valence-electron chi connectivity index (χ1n) is 5.28. The van der Waals surface area contributed by atoms with Crippen molar-refractivity contribution in [1.82, 2.24) is 0 Å². The number of fused-ring (bicyclic) bond motifs is 1. The van der Waals surface area contributed by atoms with Crippen LogP contribution >= 0.6 is 11.6 Å². The Morgan fingerprint density at radius 2 is 2.17 bits per heavy atom. The standard InChI is InChI=1S/C11H11ClFNO4/c12-5-4-6-10(18-3-1-2-17-6)7(8(5)13)9(14)11(15)16/h4,9H,1-3,14H2,(H,15,16). The van der Waals surface area contributed by atoms with E-state index >= 15 is 0 Å². The van der Waals surface area contributed by atoms with Crippen molar-refractivity contribution in [2.24, 2.45) is 5.73 Å². The Morgan fingerprint density at radius 3 is 2.83 bits per heavy atom. The van der Waals surface area contributed by atoms with Gasteiger partial charge in [0, 0.05) is 12.5 Å². The Morgan fingerprint density at radius 1 is 1.50 bits per heavy atom. The van der Waals surface area contributed by atoms with Crippen LogP contribution in [0.4, 0.5) is 4.39 Å². The summed E-state index contributed by atoms with van der Waals surface area (Å²) in [6.07, 6.45) is 0.607. The van der Waals surface area contributed by atoms with Gasteiger partial charge in [-0.15, -0.1) is 0 Å². The Kier molecular flexibility index (Phi) is 3.58. The normalized spacial score (nSPS) is 15.9. The second-order valence-corrected chi connectivity index (χ2v) is 4.19. The Labute approximate surface area is 107 Å². The lowest BCUT2D eigenvalue weighted by Gasteiger charge is -2.16. The van der Waals surface area contributed by atoms with Crippen LogP contribution in [0.15, 0.2) is 6.07 Å². The second kappa shape index (κ2) is 4.99. The summed E-state index contributed by atoms with van der Waals surface area (Å²) in [5.74, 6) is -2.03. The first-order valence-corrected chi connectivity index (χ1v) is 5.66. The van der Waals surface area contributed by atoms with E-state index in [0.29, 0.717) is 19.6 Å². The lowest BCUT2D eigenvalue weighted by molar-refractivity contribution is -0.138. The van der Waals surface area contributed by atoms with Gasteiger partial charge in [-0.3, -0.25) is 4.79 Å². The molecule has 0 saturated carbocycles. The van der Waals surface area contributed by atoms with Crippen molar-refractivity contribution in [2.75, 3.05) is 13.2 Å². The maximum absolute atomic E-state index is 13.9. The number of hydrogen-bond donors (Lipinski definition) is 2. The number of carboxylic acids is 1. The molecule has 1 aliphatic rings. The van der Waals surface area contributed by atoms with Gasteiger partial charge in [0.1, 0.15) is 6.04 Å². The summed E-state index contributed by atoms with van der Waals surface area (Å²) in [6.45, 7) is 0.685. The third kappa shape index (κ3) is 2.21. The zero-order chi connectivity index (χ0) is 13.3. The number of nitrogens with two attached hydrogens (primary N) is 1. The number of carboxylic acid groups (broad SMARTS) is 1. The predicted molar refractivity (Wildman–Crippen MR) is 61.6 cm³/mol. The smallest absolute Gasteiger partial charge is 0.325 e. The maximum atomic E-state index is 13.9. The highest BCUT2D eigenvalue weighted by Crippen LogP contribution is 2.41. The van der Waals surface area contributed by atoms with Gasteiger partial charge in [-0.25, -0.2) is 4.39 Å². The number of carbonyl (C=O) groups is 1. The zero-order valence-corrected chi connectivity index (χ0v) is 10.0. The molecular weight excluding hydrogens is 265 g/mol. The van der Waals surface area contributed by atoms with Gasteiger partial charge in [-0.1, -0.05) is 11.6 Å². The number of ether oxygens (including phenoxy) is 2. The van der Waals surface area contributed by atoms with Crippen molar-refractivity contribution < 1.29 is 23.8 Å². The summed E-state index contributed by atoms with van der Waals surface area (Å²) in [4.78, 5) is 10.9. The molecule has 0 bridgehead atoms. The van der Waals surface area contributed by atoms with Crippen LogP contribution < -0.4 is 15.2 Å². The molecule has 3 N–H and O–H groups in total. The minimum atomic E-state index is -1.56. The molecule has 98 valence electrons. The minimum Gasteiger partial charge on any atom is -0.489 e. The van der Waals surface area contributed by atoms with Crippen LogP contribution in [0.2, 0.25) is 5.02 Å². The zero-order valence-electron chi connectivity index (χ0n) is 9.28. The molecule has 1 aromatic carbocycles. The molecule has 0 fully saturated rings. The maximum Gasteiger partial charge on any atom is 0.325 e. The van der Waals surface area contributed by atoms with Crippen molar-refractivity contribution in [1.29, 1.82) is 0 Å². The van der Waals surface area contributed by atoms with Crippen LogP contribution in [0.25, 0.3) is 0 Å². The summed E-state index contributed by atoms with van der Waals surface area (Å²) in [6, 6.07) is -0.297. The van der Waals surface area contributed by atoms with Crippen LogP contribution in [0.1, 0.15) is 18.0 Å². The molecule has 2 rings (SSSR count). The summed E-state index contributed by atoms with van der Waals surface area (Å²) in [7, 11) is 0. The molecule has 7 heteroatoms. The highest BCUT2D eigenvalue weighted by Gasteiger charge is 2.29. The highest BCUT2D eigenvalue weighted by molar-refractivity contribution is 6.31. The lowest BCUT2D eigenvalue weighted by atomic mass is 10.0. The SMILES string of the molecule is NC(C(=O)O)c1c(F)c(Cl)cc2c1OCCCO2. The van der Waals surface area contributed by atoms with Gasteiger partial charge in [0.2, 0.25) is 0 Å². The largest absolute Gasteiger partial charge is 0.489 e. The van der Waals surface area contributed by atoms with Gasteiger partial charge in [0.05, 0.1) is 23.8 Å². The molecule has 0 aromatic heterocycles. The molecule has 1 aliphatic heterocycles. The molecular formula is C11H11ClFNO4. The summed E-state index contributed by atoms with van der Waals surface area (Å²) < 4.78 is 24.6. The van der Waals surface area contributed by atoms with E-state index in [0.717, 1.165) is 0 Å². The van der Waals surface area contributed by atoms with Gasteiger partial charge in [0.25, 0.3) is 0 Å². The number of halogens is 2. The van der Waals surface area contributed by atoms with Gasteiger partial charge in [0.15, 0.2) is 17.3 Å². The number of aliphatic carboxylic acids is 1. The summed E-state index contributed by atoms with van der Waals surface area (Å²) >= 11 is 5.69. The fourth-order valence-electron chi connectivity index (χ4n) is 1.68. The van der Waals surface area contributed by atoms with Crippen molar-refractivity contribution >= 4 is 17.6 Å². The quantitative estimate of drug-likeness (QED) is 0.859. The molecule has 0 saturated heterocycles. The third-order valence-electron chi connectivity index (χ3n) is 2.54. The number of benzene rings is 1. The van der Waals surface area contributed by atoms with E-state index in [1.54, 1.807) is 0 Å². The number of hydrogen-bond acceptors (Lipinski definition) is 4. The summed E-state index contributed by atoms with van der Waals surface area (Å²) in [5.41, 5.74) is 5.16. The molecule has 0 aliphatic carbocycles. The van der Waals surface area contributed by atoms with E-state index in [1.165, 1.54) is 6.07 Å². The van der Waals surface area contributed by atoms with Crippen LogP contribution in [0.5, 0.6) is 11.5 Å². The molecule has 0 amide bonds. The molecule has 1 unspecified atom stereocenters. The van der Waals surface area contributed by atoms with Crippen LogP contribution in [-0.2, 0) is 4.79 Å². The Bertz CT molecular complexity index is 494. The van der Waals surface area contributed by atoms with Crippen molar-refractivity contribution in [3.8, 4) is 11.5 Å². The van der Waals surface area contributed by atoms with Gasteiger partial charge >= 0.3 is 5.97 Å². The molecule has 0 spiro atoms. The van der Waals surface area contributed by atoms with E-state index in [9.17, 15) is 9.18 Å². The van der Waals surface area contributed by atoms with E-state index in [2.05, 4.69) is 0 Å². The van der Waals surface area contributed by atoms with Crippen molar-refractivity contribution in [3.63, 3.8) is 0 Å². The van der Waals surface area contributed by atoms with Gasteiger partial charge in [-0.2, -0.15) is 0 Å². The molecule has 1 aromatic rings. The average Bonchev–Trinajstić information content (AvgIpc) is 2.55. The van der Waals surface area contributed by atoms with E-state index in [1.807, 2.05) is 0 Å². The Balaban J connectivity index is 2.61. The fourth-order valence-corrected chi connectivity index (χ4v) is 1.88. The van der Waals surface area contributed by atoms with Crippen molar-refractivity contribution in [2.45, 2.75) is 12.5 Å². The topological polar surface area (TPSA) is 81.8 Å². The monoisotopic (exact) mass is 275 g/mol. The predicted octanol–water partition coefficient (Wildman–Crippen LogP) is 1.72. The van der Waals surface area contributed by atoms with E-state index in [-0.39, 0.29) is 22.1 Å². The minimum absolute atomic E-state index is 0.0179. The molecule has 1 atom stereocenters. The van der Waals surface area contributed by atoms with Crippen LogP contribution in [0, 0.1) is 5.82 Å². The van der Waals surface area contributed by atoms with Crippen LogP contribution in [-0.4, -0.2) is 24.3 Å².